The van der Waals surface area contributed by atoms with E-state index in [2.05, 4.69) is 10.3 Å². The van der Waals surface area contributed by atoms with Gasteiger partial charge >= 0.3 is 0 Å². The summed E-state index contributed by atoms with van der Waals surface area (Å²) in [5.74, 6) is 0.555. The van der Waals surface area contributed by atoms with Gasteiger partial charge in [0.1, 0.15) is 16.4 Å². The van der Waals surface area contributed by atoms with Gasteiger partial charge in [-0.2, -0.15) is 0 Å². The maximum atomic E-state index is 13.0. The number of aryl methyl sites for hydroxylation is 1. The Morgan fingerprint density at radius 3 is 2.58 bits per heavy atom. The lowest BCUT2D eigenvalue weighted by Crippen LogP contribution is -2.38. The van der Waals surface area contributed by atoms with Gasteiger partial charge in [0.2, 0.25) is 0 Å². The summed E-state index contributed by atoms with van der Waals surface area (Å²) in [6.45, 7) is 3.34. The van der Waals surface area contributed by atoms with Gasteiger partial charge in [-0.3, -0.25) is 9.59 Å². The zero-order valence-electron chi connectivity index (χ0n) is 17.5. The maximum Gasteiger partial charge on any atom is 0.270 e. The van der Waals surface area contributed by atoms with Crippen molar-refractivity contribution in [1.29, 1.82) is 0 Å². The van der Waals surface area contributed by atoms with E-state index in [-0.39, 0.29) is 18.4 Å². The van der Waals surface area contributed by atoms with Crippen molar-refractivity contribution in [3.63, 3.8) is 0 Å². The molecule has 1 aliphatic heterocycles. The number of hydrogen-bond acceptors (Lipinski definition) is 5. The van der Waals surface area contributed by atoms with Crippen molar-refractivity contribution in [2.24, 2.45) is 0 Å². The molecule has 7 heteroatoms. The minimum Gasteiger partial charge on any atom is -0.482 e. The number of rotatable bonds is 6. The molecule has 0 aliphatic carbocycles. The second-order valence-corrected chi connectivity index (χ2v) is 8.57. The molecule has 1 saturated heterocycles. The van der Waals surface area contributed by atoms with Crippen LogP contribution in [-0.4, -0.2) is 41.4 Å². The molecule has 2 amide bonds. The van der Waals surface area contributed by atoms with Crippen LogP contribution in [-0.2, 0) is 4.79 Å². The minimum atomic E-state index is -0.300. The Labute approximate surface area is 185 Å². The summed E-state index contributed by atoms with van der Waals surface area (Å²) in [7, 11) is 0. The minimum absolute atomic E-state index is 0.0427. The Bertz CT molecular complexity index is 1060. The fraction of sp³-hybridized carbons (Fsp3) is 0.292. The van der Waals surface area contributed by atoms with Gasteiger partial charge in [-0.1, -0.05) is 36.4 Å². The standard InChI is InChI=1S/C24H25N3O3S/c1-17-9-8-12-21(25-17)26-24(29)23-19(15-20(31-23)18-10-4-2-5-11-18)30-16-22(28)27-13-6-3-7-14-27/h2,4-5,8-12,15H,3,6-7,13-14,16H2,1H3,(H,25,26,29). The Kier molecular flexibility index (Phi) is 6.62. The largest absolute Gasteiger partial charge is 0.482 e. The zero-order valence-corrected chi connectivity index (χ0v) is 18.3. The molecular weight excluding hydrogens is 410 g/mol. The van der Waals surface area contributed by atoms with E-state index in [1.54, 1.807) is 6.07 Å². The highest BCUT2D eigenvalue weighted by Crippen LogP contribution is 2.36. The van der Waals surface area contributed by atoms with Crippen LogP contribution in [0.3, 0.4) is 0 Å². The summed E-state index contributed by atoms with van der Waals surface area (Å²) in [6, 6.07) is 17.1. The first-order valence-electron chi connectivity index (χ1n) is 10.4. The molecule has 3 heterocycles. The van der Waals surface area contributed by atoms with Gasteiger partial charge in [0, 0.05) is 23.7 Å². The van der Waals surface area contributed by atoms with Gasteiger partial charge in [0.15, 0.2) is 6.61 Å². The van der Waals surface area contributed by atoms with Crippen LogP contribution < -0.4 is 10.1 Å². The van der Waals surface area contributed by atoms with E-state index in [9.17, 15) is 9.59 Å². The topological polar surface area (TPSA) is 71.5 Å². The van der Waals surface area contributed by atoms with Crippen LogP contribution in [0, 0.1) is 6.92 Å². The van der Waals surface area contributed by atoms with Crippen LogP contribution in [0.4, 0.5) is 5.82 Å². The molecule has 1 aliphatic rings. The average molecular weight is 436 g/mol. The molecule has 0 unspecified atom stereocenters. The van der Waals surface area contributed by atoms with Crippen LogP contribution in [0.5, 0.6) is 5.75 Å². The molecule has 1 fully saturated rings. The number of carbonyl (C=O) groups excluding carboxylic acids is 2. The van der Waals surface area contributed by atoms with E-state index in [0.717, 1.165) is 48.5 Å². The molecule has 1 aromatic carbocycles. The van der Waals surface area contributed by atoms with E-state index in [0.29, 0.717) is 16.4 Å². The highest BCUT2D eigenvalue weighted by Gasteiger charge is 2.22. The molecule has 0 atom stereocenters. The summed E-state index contributed by atoms with van der Waals surface area (Å²) in [5, 5.41) is 2.84. The summed E-state index contributed by atoms with van der Waals surface area (Å²) in [6.07, 6.45) is 3.21. The quantitative estimate of drug-likeness (QED) is 0.606. The number of aromatic nitrogens is 1. The Balaban J connectivity index is 1.55. The number of nitrogens with one attached hydrogen (secondary N) is 1. The number of nitrogens with zero attached hydrogens (tertiary/aromatic N) is 2. The summed E-state index contributed by atoms with van der Waals surface area (Å²) in [5.41, 5.74) is 1.81. The van der Waals surface area contributed by atoms with E-state index in [4.69, 9.17) is 4.74 Å². The monoisotopic (exact) mass is 435 g/mol. The average Bonchev–Trinajstić information content (AvgIpc) is 3.23. The molecule has 31 heavy (non-hydrogen) atoms. The molecule has 160 valence electrons. The van der Waals surface area contributed by atoms with Crippen molar-refractivity contribution in [2.45, 2.75) is 26.2 Å². The van der Waals surface area contributed by atoms with Crippen molar-refractivity contribution in [1.82, 2.24) is 9.88 Å². The molecular formula is C24H25N3O3S. The number of thiophene rings is 1. The third-order valence-electron chi connectivity index (χ3n) is 5.15. The lowest BCUT2D eigenvalue weighted by molar-refractivity contribution is -0.134. The van der Waals surface area contributed by atoms with Crippen LogP contribution in [0.15, 0.2) is 54.6 Å². The van der Waals surface area contributed by atoms with E-state index in [1.165, 1.54) is 11.3 Å². The SMILES string of the molecule is Cc1cccc(NC(=O)c2sc(-c3ccccc3)cc2OCC(=O)N2CCCCC2)n1. The first-order valence-corrected chi connectivity index (χ1v) is 11.3. The fourth-order valence-electron chi connectivity index (χ4n) is 3.54. The number of anilines is 1. The number of carbonyl (C=O) groups is 2. The second-order valence-electron chi connectivity index (χ2n) is 7.52. The molecule has 0 radical (unpaired) electrons. The number of ether oxygens (including phenoxy) is 1. The van der Waals surface area contributed by atoms with Gasteiger partial charge in [-0.15, -0.1) is 11.3 Å². The van der Waals surface area contributed by atoms with Crippen molar-refractivity contribution in [2.75, 3.05) is 25.0 Å². The predicted molar refractivity (Wildman–Crippen MR) is 123 cm³/mol. The number of benzene rings is 1. The third-order valence-corrected chi connectivity index (χ3v) is 6.32. The molecule has 1 N–H and O–H groups in total. The predicted octanol–water partition coefficient (Wildman–Crippen LogP) is 4.76. The van der Waals surface area contributed by atoms with E-state index < -0.39 is 0 Å². The van der Waals surface area contributed by atoms with E-state index >= 15 is 0 Å². The Morgan fingerprint density at radius 2 is 1.84 bits per heavy atom. The van der Waals surface area contributed by atoms with Crippen molar-refractivity contribution >= 4 is 29.0 Å². The lowest BCUT2D eigenvalue weighted by Gasteiger charge is -2.26. The number of amides is 2. The van der Waals surface area contributed by atoms with E-state index in [1.807, 2.05) is 60.4 Å². The first-order chi connectivity index (χ1) is 15.1. The molecule has 0 bridgehead atoms. The summed E-state index contributed by atoms with van der Waals surface area (Å²) in [4.78, 5) is 33.1. The van der Waals surface area contributed by atoms with Crippen LogP contribution in [0.25, 0.3) is 10.4 Å². The second kappa shape index (κ2) is 9.75. The van der Waals surface area contributed by atoms with Crippen molar-refractivity contribution < 1.29 is 14.3 Å². The molecule has 4 rings (SSSR count). The Hall–Kier alpha value is -3.19. The highest BCUT2D eigenvalue weighted by atomic mass is 32.1. The number of likely N-dealkylation sites (tertiary alicyclic amines) is 1. The maximum absolute atomic E-state index is 13.0. The first kappa shape index (κ1) is 21.1. The van der Waals surface area contributed by atoms with Crippen LogP contribution >= 0.6 is 11.3 Å². The lowest BCUT2D eigenvalue weighted by atomic mass is 10.1. The van der Waals surface area contributed by atoms with Gasteiger partial charge < -0.3 is 15.0 Å². The molecule has 2 aromatic heterocycles. The van der Waals surface area contributed by atoms with Crippen LogP contribution in [0.1, 0.15) is 34.6 Å². The van der Waals surface area contributed by atoms with Crippen molar-refractivity contribution in [3.8, 4) is 16.2 Å². The Morgan fingerprint density at radius 1 is 1.06 bits per heavy atom. The van der Waals surface area contributed by atoms with Gasteiger partial charge in [0.25, 0.3) is 11.8 Å². The number of piperidine rings is 1. The molecule has 0 saturated carbocycles. The zero-order chi connectivity index (χ0) is 21.6. The number of hydrogen-bond donors (Lipinski definition) is 1. The van der Waals surface area contributed by atoms with Crippen LogP contribution in [0.2, 0.25) is 0 Å². The molecule has 6 nitrogen and oxygen atoms in total. The molecule has 0 spiro atoms. The fourth-order valence-corrected chi connectivity index (χ4v) is 4.55. The van der Waals surface area contributed by atoms with Gasteiger partial charge in [0.05, 0.1) is 0 Å². The van der Waals surface area contributed by atoms with Gasteiger partial charge in [-0.05, 0) is 49.9 Å². The number of pyridine rings is 1. The van der Waals surface area contributed by atoms with Gasteiger partial charge in [-0.25, -0.2) is 4.98 Å². The highest BCUT2D eigenvalue weighted by molar-refractivity contribution is 7.17. The smallest absolute Gasteiger partial charge is 0.270 e. The summed E-state index contributed by atoms with van der Waals surface area (Å²) < 4.78 is 5.87. The van der Waals surface area contributed by atoms with Crippen molar-refractivity contribution in [3.05, 3.63) is 65.2 Å². The normalized spacial score (nSPS) is 13.6. The molecule has 3 aromatic rings. The third kappa shape index (κ3) is 5.30. The summed E-state index contributed by atoms with van der Waals surface area (Å²) >= 11 is 1.34.